The molecule has 0 aromatic rings. The number of nitrogens with one attached hydrogen (secondary N) is 1. The summed E-state index contributed by atoms with van der Waals surface area (Å²) in [5.41, 5.74) is 0. The lowest BCUT2D eigenvalue weighted by Gasteiger charge is -2.27. The third-order valence-corrected chi connectivity index (χ3v) is 2.57. The van der Waals surface area contributed by atoms with Crippen LogP contribution >= 0.6 is 0 Å². The van der Waals surface area contributed by atoms with Gasteiger partial charge in [-0.15, -0.1) is 0 Å². The van der Waals surface area contributed by atoms with E-state index in [1.54, 1.807) is 7.11 Å². The smallest absolute Gasteiger partial charge is 0.224 e. The summed E-state index contributed by atoms with van der Waals surface area (Å²) in [5, 5.41) is 3.22. The fourth-order valence-electron chi connectivity index (χ4n) is 1.64. The third kappa shape index (κ3) is 5.44. The molecule has 0 atom stereocenters. The van der Waals surface area contributed by atoms with Crippen LogP contribution in [0.2, 0.25) is 0 Å². The molecule has 1 N–H and O–H groups in total. The molecule has 1 fully saturated rings. The van der Waals surface area contributed by atoms with Crippen molar-refractivity contribution in [3.63, 3.8) is 0 Å². The number of methoxy groups -OCH3 is 1. The minimum absolute atomic E-state index is 0.202. The zero-order chi connectivity index (χ0) is 11.6. The van der Waals surface area contributed by atoms with Crippen LogP contribution < -0.4 is 5.32 Å². The van der Waals surface area contributed by atoms with Crippen LogP contribution in [-0.4, -0.2) is 63.9 Å². The van der Waals surface area contributed by atoms with Gasteiger partial charge in [-0.05, 0) is 6.42 Å². The van der Waals surface area contributed by atoms with Crippen molar-refractivity contribution in [3.8, 4) is 0 Å². The van der Waals surface area contributed by atoms with E-state index in [9.17, 15) is 4.79 Å². The molecule has 1 heterocycles. The highest BCUT2D eigenvalue weighted by molar-refractivity contribution is 5.76. The zero-order valence-corrected chi connectivity index (χ0v) is 10.0. The Balaban J connectivity index is 1.97. The fraction of sp³-hybridized carbons (Fsp3) is 0.909. The summed E-state index contributed by atoms with van der Waals surface area (Å²) in [6, 6.07) is 0. The number of rotatable bonds is 7. The van der Waals surface area contributed by atoms with Gasteiger partial charge in [0.25, 0.3) is 0 Å². The topological polar surface area (TPSA) is 50.8 Å². The predicted octanol–water partition coefficient (Wildman–Crippen LogP) is -0.139. The minimum Gasteiger partial charge on any atom is -0.385 e. The standard InChI is InChI=1S/C11H22N2O3/c1-15-8-2-9-16-10-3-11(14)13-6-4-12-5-7-13/h12H,2-10H2,1H3. The lowest BCUT2D eigenvalue weighted by Crippen LogP contribution is -2.46. The highest BCUT2D eigenvalue weighted by Gasteiger charge is 2.15. The molecule has 0 aromatic heterocycles. The Bertz CT molecular complexity index is 194. The molecular formula is C11H22N2O3. The Hall–Kier alpha value is -0.650. The number of piperazine rings is 1. The maximum Gasteiger partial charge on any atom is 0.224 e. The molecule has 94 valence electrons. The maximum absolute atomic E-state index is 11.7. The molecule has 1 aliphatic rings. The molecule has 0 aliphatic carbocycles. The number of hydrogen-bond donors (Lipinski definition) is 1. The molecule has 5 nitrogen and oxygen atoms in total. The Labute approximate surface area is 97.1 Å². The lowest BCUT2D eigenvalue weighted by atomic mass is 10.3. The summed E-state index contributed by atoms with van der Waals surface area (Å²) in [7, 11) is 1.67. The molecule has 1 amide bonds. The molecule has 16 heavy (non-hydrogen) atoms. The average Bonchev–Trinajstić information content (AvgIpc) is 2.34. The lowest BCUT2D eigenvalue weighted by molar-refractivity contribution is -0.132. The van der Waals surface area contributed by atoms with E-state index in [1.165, 1.54) is 0 Å². The van der Waals surface area contributed by atoms with Gasteiger partial charge in [0.05, 0.1) is 13.0 Å². The van der Waals surface area contributed by atoms with Crippen molar-refractivity contribution in [2.24, 2.45) is 0 Å². The molecule has 0 spiro atoms. The van der Waals surface area contributed by atoms with Crippen molar-refractivity contribution in [3.05, 3.63) is 0 Å². The Morgan fingerprint density at radius 3 is 2.69 bits per heavy atom. The van der Waals surface area contributed by atoms with Crippen molar-refractivity contribution in [1.29, 1.82) is 0 Å². The van der Waals surface area contributed by atoms with Crippen LogP contribution in [0.25, 0.3) is 0 Å². The van der Waals surface area contributed by atoms with Gasteiger partial charge in [0, 0.05) is 46.5 Å². The second-order valence-corrected chi connectivity index (χ2v) is 3.84. The molecule has 0 unspecified atom stereocenters. The fourth-order valence-corrected chi connectivity index (χ4v) is 1.64. The van der Waals surface area contributed by atoms with Gasteiger partial charge in [0.15, 0.2) is 0 Å². The van der Waals surface area contributed by atoms with Gasteiger partial charge >= 0.3 is 0 Å². The van der Waals surface area contributed by atoms with Crippen LogP contribution in [0, 0.1) is 0 Å². The van der Waals surface area contributed by atoms with Crippen molar-refractivity contribution >= 4 is 5.91 Å². The van der Waals surface area contributed by atoms with Gasteiger partial charge < -0.3 is 19.7 Å². The van der Waals surface area contributed by atoms with Crippen molar-refractivity contribution < 1.29 is 14.3 Å². The molecule has 0 aromatic carbocycles. The van der Waals surface area contributed by atoms with E-state index in [0.717, 1.165) is 32.6 Å². The first kappa shape index (κ1) is 13.4. The SMILES string of the molecule is COCCCOCCC(=O)N1CCNCC1. The van der Waals surface area contributed by atoms with Crippen molar-refractivity contribution in [2.75, 3.05) is 53.1 Å². The Kier molecular flexibility index (Phi) is 7.12. The van der Waals surface area contributed by atoms with Crippen LogP contribution in [0.15, 0.2) is 0 Å². The number of ether oxygens (including phenoxy) is 2. The quantitative estimate of drug-likeness (QED) is 0.619. The van der Waals surface area contributed by atoms with Gasteiger partial charge in [-0.1, -0.05) is 0 Å². The van der Waals surface area contributed by atoms with Gasteiger partial charge in [-0.2, -0.15) is 0 Å². The summed E-state index contributed by atoms with van der Waals surface area (Å²) in [6.07, 6.45) is 1.38. The van der Waals surface area contributed by atoms with E-state index >= 15 is 0 Å². The second-order valence-electron chi connectivity index (χ2n) is 3.84. The summed E-state index contributed by atoms with van der Waals surface area (Å²) in [5.74, 6) is 0.202. The molecule has 5 heteroatoms. The highest BCUT2D eigenvalue weighted by atomic mass is 16.5. The predicted molar refractivity (Wildman–Crippen MR) is 61.4 cm³/mol. The molecule has 0 bridgehead atoms. The molecule has 0 radical (unpaired) electrons. The summed E-state index contributed by atoms with van der Waals surface area (Å²) in [6.45, 7) is 5.35. The maximum atomic E-state index is 11.7. The number of nitrogens with zero attached hydrogens (tertiary/aromatic N) is 1. The molecule has 1 rings (SSSR count). The normalized spacial score (nSPS) is 16.4. The van der Waals surface area contributed by atoms with Gasteiger partial charge in [0.2, 0.25) is 5.91 Å². The van der Waals surface area contributed by atoms with E-state index < -0.39 is 0 Å². The molecular weight excluding hydrogens is 208 g/mol. The average molecular weight is 230 g/mol. The van der Waals surface area contributed by atoms with Gasteiger partial charge in [0.1, 0.15) is 0 Å². The Morgan fingerprint density at radius 1 is 1.25 bits per heavy atom. The van der Waals surface area contributed by atoms with E-state index in [2.05, 4.69) is 5.32 Å². The first-order valence-electron chi connectivity index (χ1n) is 5.90. The first-order chi connectivity index (χ1) is 7.84. The van der Waals surface area contributed by atoms with E-state index in [0.29, 0.717) is 26.2 Å². The summed E-state index contributed by atoms with van der Waals surface area (Å²) < 4.78 is 10.3. The van der Waals surface area contributed by atoms with E-state index in [-0.39, 0.29) is 5.91 Å². The first-order valence-corrected chi connectivity index (χ1v) is 5.90. The minimum atomic E-state index is 0.202. The number of hydrogen-bond acceptors (Lipinski definition) is 4. The van der Waals surface area contributed by atoms with E-state index in [1.807, 2.05) is 4.90 Å². The largest absolute Gasteiger partial charge is 0.385 e. The van der Waals surface area contributed by atoms with Crippen LogP contribution in [0.4, 0.5) is 0 Å². The van der Waals surface area contributed by atoms with Crippen LogP contribution in [0.5, 0.6) is 0 Å². The second kappa shape index (κ2) is 8.50. The summed E-state index contributed by atoms with van der Waals surface area (Å²) in [4.78, 5) is 13.6. The van der Waals surface area contributed by atoms with E-state index in [4.69, 9.17) is 9.47 Å². The third-order valence-electron chi connectivity index (χ3n) is 2.57. The van der Waals surface area contributed by atoms with Gasteiger partial charge in [-0.3, -0.25) is 4.79 Å². The molecule has 0 saturated carbocycles. The molecule has 1 saturated heterocycles. The number of carbonyl (C=O) groups is 1. The number of amides is 1. The van der Waals surface area contributed by atoms with Crippen LogP contribution in [0.3, 0.4) is 0 Å². The zero-order valence-electron chi connectivity index (χ0n) is 10.0. The monoisotopic (exact) mass is 230 g/mol. The Morgan fingerprint density at radius 2 is 2.00 bits per heavy atom. The van der Waals surface area contributed by atoms with Gasteiger partial charge in [-0.25, -0.2) is 0 Å². The highest BCUT2D eigenvalue weighted by Crippen LogP contribution is 1.97. The van der Waals surface area contributed by atoms with Crippen molar-refractivity contribution in [2.45, 2.75) is 12.8 Å². The van der Waals surface area contributed by atoms with Crippen LogP contribution in [0.1, 0.15) is 12.8 Å². The molecule has 1 aliphatic heterocycles. The summed E-state index contributed by atoms with van der Waals surface area (Å²) >= 11 is 0. The van der Waals surface area contributed by atoms with Crippen molar-refractivity contribution in [1.82, 2.24) is 10.2 Å². The number of carbonyl (C=O) groups excluding carboxylic acids is 1. The van der Waals surface area contributed by atoms with Crippen LogP contribution in [-0.2, 0) is 14.3 Å².